The van der Waals surface area contributed by atoms with Gasteiger partial charge in [-0.05, 0) is 30.8 Å². The number of aliphatic carboxylic acids is 1. The van der Waals surface area contributed by atoms with Crippen molar-refractivity contribution in [2.24, 2.45) is 0 Å². The quantitative estimate of drug-likeness (QED) is 0.856. The summed E-state index contributed by atoms with van der Waals surface area (Å²) in [5.74, 6) is -1.12. The zero-order valence-electron chi connectivity index (χ0n) is 14.2. The molecule has 25 heavy (non-hydrogen) atoms. The average molecular weight is 347 g/mol. The fourth-order valence-corrected chi connectivity index (χ4v) is 3.27. The Bertz CT molecular complexity index is 755. The second-order valence-electron chi connectivity index (χ2n) is 6.46. The molecular formula is C18H22FN3O3. The van der Waals surface area contributed by atoms with Gasteiger partial charge in [-0.3, -0.25) is 19.6 Å². The van der Waals surface area contributed by atoms with Crippen LogP contribution in [-0.4, -0.2) is 71.8 Å². The molecule has 1 aromatic carbocycles. The maximum Gasteiger partial charge on any atom is 0.317 e. The lowest BCUT2D eigenvalue weighted by atomic mass is 10.1. The molecule has 1 atom stereocenters. The first-order valence-corrected chi connectivity index (χ1v) is 8.28. The molecule has 7 heteroatoms. The molecule has 0 bridgehead atoms. The first-order chi connectivity index (χ1) is 12.0. The molecule has 1 unspecified atom stereocenters. The van der Waals surface area contributed by atoms with Crippen molar-refractivity contribution >= 4 is 16.9 Å². The lowest BCUT2D eigenvalue weighted by molar-refractivity contribution is -0.138. The molecule has 3 rings (SSSR count). The highest BCUT2D eigenvalue weighted by Gasteiger charge is 2.23. The molecule has 1 saturated heterocycles. The van der Waals surface area contributed by atoms with Crippen LogP contribution in [0.25, 0.3) is 10.9 Å². The number of halogens is 1. The van der Waals surface area contributed by atoms with E-state index < -0.39 is 5.97 Å². The molecule has 0 spiro atoms. The number of nitrogens with zero attached hydrogens (tertiary/aromatic N) is 3. The largest absolute Gasteiger partial charge is 0.480 e. The van der Waals surface area contributed by atoms with Crippen LogP contribution in [0, 0.1) is 5.82 Å². The maximum absolute atomic E-state index is 13.9. The first kappa shape index (κ1) is 17.7. The van der Waals surface area contributed by atoms with E-state index in [0.717, 1.165) is 23.0 Å². The monoisotopic (exact) mass is 347 g/mol. The Labute approximate surface area is 145 Å². The standard InChI is InChI=1S/C18H22FN3O3/c1-21(12-17(23)24)10-16-11-22(5-6-25-16)9-14-8-15(19)7-13-3-2-4-20-18(13)14/h2-4,7-8,16H,5-6,9-12H2,1H3,(H,23,24). The molecule has 0 saturated carbocycles. The molecule has 0 amide bonds. The van der Waals surface area contributed by atoms with Crippen molar-refractivity contribution in [3.63, 3.8) is 0 Å². The topological polar surface area (TPSA) is 65.9 Å². The molecular weight excluding hydrogens is 325 g/mol. The first-order valence-electron chi connectivity index (χ1n) is 8.28. The predicted molar refractivity (Wildman–Crippen MR) is 91.9 cm³/mol. The number of carboxylic acids is 1. The van der Waals surface area contributed by atoms with Crippen LogP contribution >= 0.6 is 0 Å². The lowest BCUT2D eigenvalue weighted by Crippen LogP contribution is -2.47. The highest BCUT2D eigenvalue weighted by Crippen LogP contribution is 2.21. The molecule has 1 aliphatic rings. The third-order valence-electron chi connectivity index (χ3n) is 4.29. The maximum atomic E-state index is 13.9. The Morgan fingerprint density at radius 1 is 1.52 bits per heavy atom. The zero-order chi connectivity index (χ0) is 17.8. The van der Waals surface area contributed by atoms with Crippen LogP contribution in [0.1, 0.15) is 5.56 Å². The number of pyridine rings is 1. The minimum absolute atomic E-state index is 0.0156. The lowest BCUT2D eigenvalue weighted by Gasteiger charge is -2.34. The van der Waals surface area contributed by atoms with E-state index in [-0.39, 0.29) is 18.5 Å². The summed E-state index contributed by atoms with van der Waals surface area (Å²) in [4.78, 5) is 19.1. The van der Waals surface area contributed by atoms with Gasteiger partial charge < -0.3 is 9.84 Å². The van der Waals surface area contributed by atoms with Crippen molar-refractivity contribution in [2.45, 2.75) is 12.6 Å². The van der Waals surface area contributed by atoms with Crippen molar-refractivity contribution in [1.29, 1.82) is 0 Å². The zero-order valence-corrected chi connectivity index (χ0v) is 14.2. The van der Waals surface area contributed by atoms with E-state index >= 15 is 0 Å². The molecule has 6 nitrogen and oxygen atoms in total. The van der Waals surface area contributed by atoms with Crippen LogP contribution in [0.15, 0.2) is 30.5 Å². The Morgan fingerprint density at radius 3 is 3.16 bits per heavy atom. The van der Waals surface area contributed by atoms with Crippen LogP contribution in [-0.2, 0) is 16.1 Å². The highest BCUT2D eigenvalue weighted by molar-refractivity contribution is 5.81. The van der Waals surface area contributed by atoms with E-state index in [1.165, 1.54) is 12.1 Å². The number of hydrogen-bond donors (Lipinski definition) is 1. The van der Waals surface area contributed by atoms with Gasteiger partial charge in [0.25, 0.3) is 0 Å². The summed E-state index contributed by atoms with van der Waals surface area (Å²) in [6.45, 7) is 3.13. The van der Waals surface area contributed by atoms with Crippen LogP contribution in [0.5, 0.6) is 0 Å². The summed E-state index contributed by atoms with van der Waals surface area (Å²) in [7, 11) is 1.76. The van der Waals surface area contributed by atoms with E-state index in [2.05, 4.69) is 9.88 Å². The van der Waals surface area contributed by atoms with Gasteiger partial charge >= 0.3 is 5.97 Å². The number of hydrogen-bond acceptors (Lipinski definition) is 5. The van der Waals surface area contributed by atoms with Gasteiger partial charge in [0.05, 0.1) is 24.8 Å². The number of morpholine rings is 1. The van der Waals surface area contributed by atoms with Gasteiger partial charge in [0, 0.05) is 37.8 Å². The Kier molecular flexibility index (Phi) is 5.57. The summed E-state index contributed by atoms with van der Waals surface area (Å²) in [6.07, 6.45) is 1.65. The Hall–Kier alpha value is -2.09. The summed E-state index contributed by atoms with van der Waals surface area (Å²) in [6, 6.07) is 6.69. The highest BCUT2D eigenvalue weighted by atomic mass is 19.1. The Morgan fingerprint density at radius 2 is 2.36 bits per heavy atom. The summed E-state index contributed by atoms with van der Waals surface area (Å²) in [5, 5.41) is 9.65. The van der Waals surface area contributed by atoms with Crippen molar-refractivity contribution < 1.29 is 19.0 Å². The summed E-state index contributed by atoms with van der Waals surface area (Å²) >= 11 is 0. The van der Waals surface area contributed by atoms with E-state index in [1.54, 1.807) is 24.2 Å². The number of carboxylic acid groups (broad SMARTS) is 1. The van der Waals surface area contributed by atoms with Gasteiger partial charge in [0.15, 0.2) is 0 Å². The molecule has 1 N–H and O–H groups in total. The average Bonchev–Trinajstić information content (AvgIpc) is 2.54. The SMILES string of the molecule is CN(CC(=O)O)CC1CN(Cc2cc(F)cc3cccnc23)CCO1. The molecule has 134 valence electrons. The molecule has 1 fully saturated rings. The number of likely N-dealkylation sites (N-methyl/N-ethyl adjacent to an activating group) is 1. The van der Waals surface area contributed by atoms with E-state index in [1.807, 2.05) is 6.07 Å². The van der Waals surface area contributed by atoms with Crippen molar-refractivity contribution in [3.8, 4) is 0 Å². The minimum atomic E-state index is -0.854. The van der Waals surface area contributed by atoms with Crippen LogP contribution in [0.4, 0.5) is 4.39 Å². The van der Waals surface area contributed by atoms with Crippen molar-refractivity contribution in [1.82, 2.24) is 14.8 Å². The predicted octanol–water partition coefficient (Wildman–Crippen LogP) is 1.59. The molecule has 1 aromatic heterocycles. The fraction of sp³-hybridized carbons (Fsp3) is 0.444. The number of benzene rings is 1. The molecule has 2 heterocycles. The minimum Gasteiger partial charge on any atom is -0.480 e. The van der Waals surface area contributed by atoms with Crippen LogP contribution < -0.4 is 0 Å². The number of fused-ring (bicyclic) bond motifs is 1. The number of carbonyl (C=O) groups is 1. The molecule has 2 aromatic rings. The molecule has 0 radical (unpaired) electrons. The van der Waals surface area contributed by atoms with Gasteiger partial charge in [-0.25, -0.2) is 4.39 Å². The van der Waals surface area contributed by atoms with Gasteiger partial charge in [0.1, 0.15) is 5.82 Å². The number of rotatable bonds is 6. The second-order valence-corrected chi connectivity index (χ2v) is 6.46. The van der Waals surface area contributed by atoms with Crippen LogP contribution in [0.2, 0.25) is 0 Å². The van der Waals surface area contributed by atoms with Gasteiger partial charge in [0.2, 0.25) is 0 Å². The van der Waals surface area contributed by atoms with Gasteiger partial charge in [-0.15, -0.1) is 0 Å². The third kappa shape index (κ3) is 4.72. The fourth-order valence-electron chi connectivity index (χ4n) is 3.27. The van der Waals surface area contributed by atoms with Gasteiger partial charge in [-0.1, -0.05) is 6.07 Å². The number of aromatic nitrogens is 1. The Balaban J connectivity index is 1.68. The second kappa shape index (κ2) is 7.86. The molecule has 0 aliphatic carbocycles. The van der Waals surface area contributed by atoms with Crippen molar-refractivity contribution in [2.75, 3.05) is 39.8 Å². The van der Waals surface area contributed by atoms with Gasteiger partial charge in [-0.2, -0.15) is 0 Å². The van der Waals surface area contributed by atoms with Crippen molar-refractivity contribution in [3.05, 3.63) is 41.8 Å². The normalized spacial score (nSPS) is 18.8. The summed E-state index contributed by atoms with van der Waals surface area (Å²) in [5.41, 5.74) is 1.67. The number of ether oxygens (including phenoxy) is 1. The van der Waals surface area contributed by atoms with Crippen LogP contribution in [0.3, 0.4) is 0 Å². The summed E-state index contributed by atoms with van der Waals surface area (Å²) < 4.78 is 19.6. The van der Waals surface area contributed by atoms with E-state index in [4.69, 9.17) is 9.84 Å². The smallest absolute Gasteiger partial charge is 0.317 e. The molecule has 1 aliphatic heterocycles. The van der Waals surface area contributed by atoms with E-state index in [9.17, 15) is 9.18 Å². The van der Waals surface area contributed by atoms with E-state index in [0.29, 0.717) is 26.2 Å². The third-order valence-corrected chi connectivity index (χ3v) is 4.29.